The van der Waals surface area contributed by atoms with E-state index in [2.05, 4.69) is 15.3 Å². The summed E-state index contributed by atoms with van der Waals surface area (Å²) in [5, 5.41) is 3.65. The Balaban J connectivity index is 2.76. The lowest BCUT2D eigenvalue weighted by atomic mass is 10.2. The number of halogens is 1. The van der Waals surface area contributed by atoms with Crippen LogP contribution in [0.5, 0.6) is 5.75 Å². The van der Waals surface area contributed by atoms with Gasteiger partial charge in [0.25, 0.3) is 0 Å². The summed E-state index contributed by atoms with van der Waals surface area (Å²) in [4.78, 5) is 8.01. The van der Waals surface area contributed by atoms with Gasteiger partial charge in [0.1, 0.15) is 12.1 Å². The van der Waals surface area contributed by atoms with E-state index in [0.29, 0.717) is 11.3 Å². The van der Waals surface area contributed by atoms with Crippen LogP contribution in [-0.4, -0.2) is 24.1 Å². The van der Waals surface area contributed by atoms with Gasteiger partial charge in [0.15, 0.2) is 11.6 Å². The number of hydrogen-bond acceptors (Lipinski definition) is 4. The highest BCUT2D eigenvalue weighted by Crippen LogP contribution is 2.26. The smallest absolute Gasteiger partial charge is 0.167 e. The van der Waals surface area contributed by atoms with Gasteiger partial charge < -0.3 is 10.1 Å². The van der Waals surface area contributed by atoms with E-state index in [0.717, 1.165) is 5.39 Å². The molecule has 5 heteroatoms. The zero-order chi connectivity index (χ0) is 10.8. The van der Waals surface area contributed by atoms with E-state index >= 15 is 0 Å². The summed E-state index contributed by atoms with van der Waals surface area (Å²) in [7, 11) is 3.17. The minimum absolute atomic E-state index is 0.189. The van der Waals surface area contributed by atoms with Crippen molar-refractivity contribution in [1.29, 1.82) is 0 Å². The van der Waals surface area contributed by atoms with Crippen LogP contribution in [0.15, 0.2) is 18.5 Å². The number of nitrogens with zero attached hydrogens (tertiary/aromatic N) is 2. The normalized spacial score (nSPS) is 10.3. The molecule has 2 aromatic rings. The molecule has 2 rings (SSSR count). The average Bonchev–Trinajstić information content (AvgIpc) is 2.27. The molecule has 4 nitrogen and oxygen atoms in total. The maximum absolute atomic E-state index is 13.3. The predicted molar refractivity (Wildman–Crippen MR) is 55.6 cm³/mol. The number of nitrogens with one attached hydrogen (secondary N) is 1. The molecule has 15 heavy (non-hydrogen) atoms. The fourth-order valence-corrected chi connectivity index (χ4v) is 1.41. The second-order valence-electron chi connectivity index (χ2n) is 2.98. The zero-order valence-corrected chi connectivity index (χ0v) is 8.41. The third kappa shape index (κ3) is 1.56. The van der Waals surface area contributed by atoms with Crippen LogP contribution in [0.4, 0.5) is 10.2 Å². The van der Waals surface area contributed by atoms with Crippen molar-refractivity contribution in [3.05, 3.63) is 24.3 Å². The van der Waals surface area contributed by atoms with Gasteiger partial charge in [-0.1, -0.05) is 0 Å². The van der Waals surface area contributed by atoms with Crippen LogP contribution in [0.25, 0.3) is 10.9 Å². The van der Waals surface area contributed by atoms with Crippen LogP contribution >= 0.6 is 0 Å². The molecule has 1 aromatic heterocycles. The standard InChI is InChI=1S/C10H10FN3O/c1-12-10-6-3-9(15-2)7(11)4-8(6)13-5-14-10/h3-5H,1-2H3,(H,12,13,14). The summed E-state index contributed by atoms with van der Waals surface area (Å²) in [6.45, 7) is 0. The van der Waals surface area contributed by atoms with Crippen molar-refractivity contribution in [2.45, 2.75) is 0 Å². The highest BCUT2D eigenvalue weighted by molar-refractivity contribution is 5.89. The molecule has 0 radical (unpaired) electrons. The van der Waals surface area contributed by atoms with Crippen LogP contribution in [0.1, 0.15) is 0 Å². The van der Waals surface area contributed by atoms with Gasteiger partial charge in [-0.2, -0.15) is 0 Å². The van der Waals surface area contributed by atoms with E-state index in [1.807, 2.05) is 0 Å². The molecule has 0 bridgehead atoms. The maximum atomic E-state index is 13.3. The molecule has 0 saturated carbocycles. The van der Waals surface area contributed by atoms with Crippen molar-refractivity contribution in [2.75, 3.05) is 19.5 Å². The average molecular weight is 207 g/mol. The fraction of sp³-hybridized carbons (Fsp3) is 0.200. The Bertz CT molecular complexity index is 501. The van der Waals surface area contributed by atoms with E-state index in [-0.39, 0.29) is 5.75 Å². The number of rotatable bonds is 2. The molecule has 0 aliphatic rings. The number of aromatic nitrogens is 2. The van der Waals surface area contributed by atoms with E-state index in [4.69, 9.17) is 4.74 Å². The van der Waals surface area contributed by atoms with E-state index < -0.39 is 5.82 Å². The molecule has 1 N–H and O–H groups in total. The summed E-state index contributed by atoms with van der Waals surface area (Å²) >= 11 is 0. The first-order valence-electron chi connectivity index (χ1n) is 4.42. The van der Waals surface area contributed by atoms with Gasteiger partial charge >= 0.3 is 0 Å². The number of hydrogen-bond donors (Lipinski definition) is 1. The molecular formula is C10H10FN3O. The Morgan fingerprint density at radius 1 is 1.33 bits per heavy atom. The first-order valence-corrected chi connectivity index (χ1v) is 4.42. The molecule has 78 valence electrons. The molecule has 0 aliphatic heterocycles. The Kier molecular flexibility index (Phi) is 2.37. The van der Waals surface area contributed by atoms with Crippen LogP contribution < -0.4 is 10.1 Å². The van der Waals surface area contributed by atoms with Gasteiger partial charge in [-0.25, -0.2) is 14.4 Å². The fourth-order valence-electron chi connectivity index (χ4n) is 1.41. The third-order valence-electron chi connectivity index (χ3n) is 2.15. The molecule has 1 heterocycles. The molecule has 0 amide bonds. The second kappa shape index (κ2) is 3.68. The molecule has 0 aliphatic carbocycles. The summed E-state index contributed by atoms with van der Waals surface area (Å²) in [5.41, 5.74) is 0.549. The lowest BCUT2D eigenvalue weighted by molar-refractivity contribution is 0.387. The predicted octanol–water partition coefficient (Wildman–Crippen LogP) is 1.82. The SMILES string of the molecule is CNc1ncnc2cc(F)c(OC)cc12. The molecule has 1 aromatic carbocycles. The van der Waals surface area contributed by atoms with Gasteiger partial charge in [0.05, 0.1) is 12.6 Å². The lowest BCUT2D eigenvalue weighted by Gasteiger charge is -2.06. The van der Waals surface area contributed by atoms with Crippen LogP contribution in [0.2, 0.25) is 0 Å². The van der Waals surface area contributed by atoms with Gasteiger partial charge in [0.2, 0.25) is 0 Å². The molecule has 0 atom stereocenters. The Morgan fingerprint density at radius 2 is 2.13 bits per heavy atom. The van der Waals surface area contributed by atoms with Crippen molar-refractivity contribution in [2.24, 2.45) is 0 Å². The van der Waals surface area contributed by atoms with Gasteiger partial charge in [-0.05, 0) is 6.07 Å². The highest BCUT2D eigenvalue weighted by Gasteiger charge is 2.08. The van der Waals surface area contributed by atoms with Crippen LogP contribution in [0, 0.1) is 5.82 Å². The van der Waals surface area contributed by atoms with E-state index in [1.54, 1.807) is 13.1 Å². The maximum Gasteiger partial charge on any atom is 0.167 e. The molecule has 0 saturated heterocycles. The molecule has 0 spiro atoms. The minimum Gasteiger partial charge on any atom is -0.494 e. The van der Waals surface area contributed by atoms with Crippen LogP contribution in [-0.2, 0) is 0 Å². The Labute approximate surface area is 86.1 Å². The number of anilines is 1. The topological polar surface area (TPSA) is 47.0 Å². The Hall–Kier alpha value is -1.91. The number of methoxy groups -OCH3 is 1. The van der Waals surface area contributed by atoms with Gasteiger partial charge in [-0.15, -0.1) is 0 Å². The molecular weight excluding hydrogens is 197 g/mol. The largest absolute Gasteiger partial charge is 0.494 e. The van der Waals surface area contributed by atoms with Crippen molar-refractivity contribution in [1.82, 2.24) is 9.97 Å². The lowest BCUT2D eigenvalue weighted by Crippen LogP contribution is -1.96. The second-order valence-corrected chi connectivity index (χ2v) is 2.98. The molecule has 0 unspecified atom stereocenters. The van der Waals surface area contributed by atoms with Gasteiger partial charge in [0, 0.05) is 18.5 Å². The van der Waals surface area contributed by atoms with E-state index in [9.17, 15) is 4.39 Å². The number of fused-ring (bicyclic) bond motifs is 1. The molecule has 0 fully saturated rings. The van der Waals surface area contributed by atoms with Crippen molar-refractivity contribution < 1.29 is 9.13 Å². The van der Waals surface area contributed by atoms with Crippen molar-refractivity contribution in [3.63, 3.8) is 0 Å². The van der Waals surface area contributed by atoms with Crippen LogP contribution in [0.3, 0.4) is 0 Å². The highest BCUT2D eigenvalue weighted by atomic mass is 19.1. The quantitative estimate of drug-likeness (QED) is 0.815. The van der Waals surface area contributed by atoms with E-state index in [1.165, 1.54) is 19.5 Å². The Morgan fingerprint density at radius 3 is 2.80 bits per heavy atom. The first kappa shape index (κ1) is 9.64. The minimum atomic E-state index is -0.425. The number of ether oxygens (including phenoxy) is 1. The third-order valence-corrected chi connectivity index (χ3v) is 2.15. The summed E-state index contributed by atoms with van der Waals surface area (Å²) in [6, 6.07) is 2.91. The summed E-state index contributed by atoms with van der Waals surface area (Å²) in [5.74, 6) is 0.415. The summed E-state index contributed by atoms with van der Waals surface area (Å²) in [6.07, 6.45) is 1.39. The first-order chi connectivity index (χ1) is 7.26. The summed E-state index contributed by atoms with van der Waals surface area (Å²) < 4.78 is 18.2. The zero-order valence-electron chi connectivity index (χ0n) is 8.41. The number of benzene rings is 1. The van der Waals surface area contributed by atoms with Crippen molar-refractivity contribution in [3.8, 4) is 5.75 Å². The monoisotopic (exact) mass is 207 g/mol. The van der Waals surface area contributed by atoms with Crippen molar-refractivity contribution >= 4 is 16.7 Å². The van der Waals surface area contributed by atoms with Gasteiger partial charge in [-0.3, -0.25) is 0 Å².